The van der Waals surface area contributed by atoms with Gasteiger partial charge in [-0.15, -0.1) is 0 Å². The van der Waals surface area contributed by atoms with Crippen LogP contribution in [0.25, 0.3) is 6.08 Å². The van der Waals surface area contributed by atoms with E-state index in [1.807, 2.05) is 0 Å². The van der Waals surface area contributed by atoms with Crippen molar-refractivity contribution in [1.82, 2.24) is 0 Å². The van der Waals surface area contributed by atoms with Crippen LogP contribution in [0.5, 0.6) is 0 Å². The van der Waals surface area contributed by atoms with Crippen molar-refractivity contribution >= 4 is 22.0 Å². The smallest absolute Gasteiger partial charge is 0.0319 e. The summed E-state index contributed by atoms with van der Waals surface area (Å²) in [5.74, 6) is 0.394. The third-order valence-electron chi connectivity index (χ3n) is 4.17. The van der Waals surface area contributed by atoms with Crippen LogP contribution >= 0.6 is 15.9 Å². The summed E-state index contributed by atoms with van der Waals surface area (Å²) in [6, 6.07) is 13.1. The minimum Gasteiger partial charge on any atom is -0.0617 e. The normalized spacial score (nSPS) is 17.3. The Morgan fingerprint density at radius 2 is 1.68 bits per heavy atom. The molecule has 0 aliphatic heterocycles. The summed E-state index contributed by atoms with van der Waals surface area (Å²) in [7, 11) is 0. The van der Waals surface area contributed by atoms with Crippen LogP contribution in [0.2, 0.25) is 0 Å². The van der Waals surface area contributed by atoms with Gasteiger partial charge in [0.25, 0.3) is 0 Å². The van der Waals surface area contributed by atoms with E-state index in [0.29, 0.717) is 5.92 Å². The minimum atomic E-state index is 0.394. The highest BCUT2D eigenvalue weighted by molar-refractivity contribution is 9.10. The second kappa shape index (κ2) is 4.64. The van der Waals surface area contributed by atoms with Gasteiger partial charge in [-0.3, -0.25) is 0 Å². The van der Waals surface area contributed by atoms with E-state index in [4.69, 9.17) is 0 Å². The maximum atomic E-state index is 3.72. The molecule has 3 rings (SSSR count). The zero-order valence-electron chi connectivity index (χ0n) is 11.5. The van der Waals surface area contributed by atoms with Crippen LogP contribution in [0.15, 0.2) is 46.4 Å². The first-order valence-corrected chi connectivity index (χ1v) is 7.41. The van der Waals surface area contributed by atoms with Gasteiger partial charge in [-0.1, -0.05) is 57.9 Å². The zero-order valence-corrected chi connectivity index (χ0v) is 13.1. The Labute approximate surface area is 123 Å². The van der Waals surface area contributed by atoms with E-state index in [1.165, 1.54) is 37.9 Å². The van der Waals surface area contributed by atoms with Crippen LogP contribution in [0, 0.1) is 13.8 Å². The van der Waals surface area contributed by atoms with Crippen molar-refractivity contribution in [3.8, 4) is 0 Å². The highest BCUT2D eigenvalue weighted by Crippen LogP contribution is 2.45. The van der Waals surface area contributed by atoms with Gasteiger partial charge in [0, 0.05) is 10.4 Å². The Balaban J connectivity index is 2.23. The number of fused-ring (bicyclic) bond motifs is 1. The lowest BCUT2D eigenvalue weighted by atomic mass is 9.85. The van der Waals surface area contributed by atoms with Crippen molar-refractivity contribution in [2.45, 2.75) is 26.7 Å². The van der Waals surface area contributed by atoms with Crippen molar-refractivity contribution in [3.05, 3.63) is 74.3 Å². The van der Waals surface area contributed by atoms with E-state index in [1.54, 1.807) is 0 Å². The Bertz CT molecular complexity index is 680. The van der Waals surface area contributed by atoms with Crippen LogP contribution in [0.3, 0.4) is 0 Å². The molecule has 0 radical (unpaired) electrons. The van der Waals surface area contributed by atoms with E-state index in [2.05, 4.69) is 79.2 Å². The zero-order chi connectivity index (χ0) is 13.6. The molecular formula is C18H17Br. The molecule has 19 heavy (non-hydrogen) atoms. The van der Waals surface area contributed by atoms with E-state index < -0.39 is 0 Å². The van der Waals surface area contributed by atoms with E-state index in [9.17, 15) is 0 Å². The molecule has 0 saturated heterocycles. The molecule has 0 N–H and O–H groups in total. The van der Waals surface area contributed by atoms with Crippen LogP contribution in [-0.4, -0.2) is 0 Å². The van der Waals surface area contributed by atoms with Gasteiger partial charge in [-0.2, -0.15) is 0 Å². The predicted molar refractivity (Wildman–Crippen MR) is 85.6 cm³/mol. The van der Waals surface area contributed by atoms with Gasteiger partial charge >= 0.3 is 0 Å². The molecule has 2 aromatic rings. The predicted octanol–water partition coefficient (Wildman–Crippen LogP) is 5.61. The van der Waals surface area contributed by atoms with Gasteiger partial charge in [0.2, 0.25) is 0 Å². The summed E-state index contributed by atoms with van der Waals surface area (Å²) in [6.07, 6.45) is 2.31. The number of hydrogen-bond donors (Lipinski definition) is 0. The maximum Gasteiger partial charge on any atom is 0.0319 e. The van der Waals surface area contributed by atoms with Crippen molar-refractivity contribution < 1.29 is 0 Å². The SMILES string of the molecule is CC1=Cc2cccc(Br)c2C1c1cccc(C)c1C. The average molecular weight is 313 g/mol. The quantitative estimate of drug-likeness (QED) is 0.641. The summed E-state index contributed by atoms with van der Waals surface area (Å²) in [6.45, 7) is 6.65. The molecule has 1 atom stereocenters. The monoisotopic (exact) mass is 312 g/mol. The minimum absolute atomic E-state index is 0.394. The molecule has 0 aromatic heterocycles. The number of rotatable bonds is 1. The van der Waals surface area contributed by atoms with E-state index in [0.717, 1.165) is 0 Å². The Hall–Kier alpha value is -1.34. The fourth-order valence-electron chi connectivity index (χ4n) is 3.03. The molecule has 1 heteroatoms. The van der Waals surface area contributed by atoms with E-state index >= 15 is 0 Å². The van der Waals surface area contributed by atoms with Crippen molar-refractivity contribution in [3.63, 3.8) is 0 Å². The molecule has 0 bridgehead atoms. The van der Waals surface area contributed by atoms with Gasteiger partial charge < -0.3 is 0 Å². The lowest BCUT2D eigenvalue weighted by Crippen LogP contribution is -2.04. The lowest BCUT2D eigenvalue weighted by Gasteiger charge is -2.20. The van der Waals surface area contributed by atoms with Gasteiger partial charge in [-0.05, 0) is 54.7 Å². The second-order valence-electron chi connectivity index (χ2n) is 5.35. The van der Waals surface area contributed by atoms with Gasteiger partial charge in [-0.25, -0.2) is 0 Å². The first kappa shape index (κ1) is 12.7. The summed E-state index contributed by atoms with van der Waals surface area (Å²) in [4.78, 5) is 0. The van der Waals surface area contributed by atoms with Gasteiger partial charge in [0.15, 0.2) is 0 Å². The van der Waals surface area contributed by atoms with Crippen LogP contribution < -0.4 is 0 Å². The van der Waals surface area contributed by atoms with Gasteiger partial charge in [0.1, 0.15) is 0 Å². The van der Waals surface area contributed by atoms with Crippen molar-refractivity contribution in [2.24, 2.45) is 0 Å². The van der Waals surface area contributed by atoms with Crippen LogP contribution in [-0.2, 0) is 0 Å². The fraction of sp³-hybridized carbons (Fsp3) is 0.222. The van der Waals surface area contributed by atoms with Crippen molar-refractivity contribution in [2.75, 3.05) is 0 Å². The second-order valence-corrected chi connectivity index (χ2v) is 6.21. The Morgan fingerprint density at radius 3 is 2.47 bits per heavy atom. The summed E-state index contributed by atoms with van der Waals surface area (Å²) in [5.41, 5.74) is 8.39. The molecule has 0 saturated carbocycles. The summed E-state index contributed by atoms with van der Waals surface area (Å²) < 4.78 is 1.21. The third kappa shape index (κ3) is 1.97. The average Bonchev–Trinajstić information content (AvgIpc) is 2.71. The maximum absolute atomic E-state index is 3.72. The lowest BCUT2D eigenvalue weighted by molar-refractivity contribution is 0.951. The highest BCUT2D eigenvalue weighted by atomic mass is 79.9. The first-order chi connectivity index (χ1) is 9.09. The number of aryl methyl sites for hydroxylation is 1. The molecular weight excluding hydrogens is 296 g/mol. The molecule has 1 unspecified atom stereocenters. The van der Waals surface area contributed by atoms with Gasteiger partial charge in [0.05, 0.1) is 0 Å². The molecule has 2 aromatic carbocycles. The number of hydrogen-bond acceptors (Lipinski definition) is 0. The summed E-state index contributed by atoms with van der Waals surface area (Å²) >= 11 is 3.72. The highest BCUT2D eigenvalue weighted by Gasteiger charge is 2.27. The van der Waals surface area contributed by atoms with Crippen LogP contribution in [0.4, 0.5) is 0 Å². The van der Waals surface area contributed by atoms with E-state index in [-0.39, 0.29) is 0 Å². The molecule has 1 aliphatic carbocycles. The molecule has 0 spiro atoms. The molecule has 0 heterocycles. The molecule has 0 nitrogen and oxygen atoms in total. The summed E-state index contributed by atoms with van der Waals surface area (Å²) in [5, 5.41) is 0. The van der Waals surface area contributed by atoms with Crippen LogP contribution in [0.1, 0.15) is 40.7 Å². The Morgan fingerprint density at radius 1 is 0.947 bits per heavy atom. The molecule has 1 aliphatic rings. The number of halogens is 1. The fourth-order valence-corrected chi connectivity index (χ4v) is 3.64. The number of benzene rings is 2. The number of allylic oxidation sites excluding steroid dienone is 1. The first-order valence-electron chi connectivity index (χ1n) is 6.62. The standard InChI is InChI=1S/C18H17Br/c1-11-6-4-8-15(13(11)3)17-12(2)10-14-7-5-9-16(19)18(14)17/h4-10,17H,1-3H3. The topological polar surface area (TPSA) is 0 Å². The van der Waals surface area contributed by atoms with Crippen molar-refractivity contribution in [1.29, 1.82) is 0 Å². The third-order valence-corrected chi connectivity index (χ3v) is 4.86. The molecule has 0 fully saturated rings. The Kier molecular flexibility index (Phi) is 3.10. The largest absolute Gasteiger partial charge is 0.0617 e. The molecule has 96 valence electrons. The molecule has 0 amide bonds.